The molecule has 0 saturated carbocycles. The van der Waals surface area contributed by atoms with Crippen molar-refractivity contribution in [1.82, 2.24) is 10.3 Å². The average molecular weight is 383 g/mol. The fourth-order valence-electron chi connectivity index (χ4n) is 3.20. The van der Waals surface area contributed by atoms with E-state index in [0.29, 0.717) is 19.4 Å². The van der Waals surface area contributed by atoms with Gasteiger partial charge in [0.15, 0.2) is 0 Å². The van der Waals surface area contributed by atoms with Gasteiger partial charge in [-0.15, -0.1) is 11.3 Å². The lowest BCUT2D eigenvalue weighted by molar-refractivity contribution is -0.910. The predicted molar refractivity (Wildman–Crippen MR) is 112 cm³/mol. The second-order valence-electron chi connectivity index (χ2n) is 6.75. The molecule has 4 nitrogen and oxygen atoms in total. The highest BCUT2D eigenvalue weighted by Crippen LogP contribution is 2.22. The van der Waals surface area contributed by atoms with Crippen LogP contribution >= 0.6 is 11.3 Å². The van der Waals surface area contributed by atoms with Crippen LogP contribution in [0.2, 0.25) is 0 Å². The lowest BCUT2D eigenvalue weighted by atomic mass is 10.1. The fraction of sp³-hybridized carbons (Fsp3) is 0.364. The van der Waals surface area contributed by atoms with E-state index in [2.05, 4.69) is 48.4 Å². The molecule has 0 fully saturated rings. The topological polar surface area (TPSA) is 46.4 Å². The van der Waals surface area contributed by atoms with E-state index in [0.717, 1.165) is 30.2 Å². The molecule has 142 valence electrons. The van der Waals surface area contributed by atoms with Crippen molar-refractivity contribution >= 4 is 27.5 Å². The summed E-state index contributed by atoms with van der Waals surface area (Å²) in [5, 5.41) is 4.11. The molecule has 0 aliphatic rings. The van der Waals surface area contributed by atoms with Crippen LogP contribution in [-0.2, 0) is 24.3 Å². The van der Waals surface area contributed by atoms with E-state index in [9.17, 15) is 4.79 Å². The van der Waals surface area contributed by atoms with Crippen molar-refractivity contribution in [1.29, 1.82) is 0 Å². The van der Waals surface area contributed by atoms with Crippen LogP contribution in [0.5, 0.6) is 0 Å². The van der Waals surface area contributed by atoms with Crippen LogP contribution < -0.4 is 10.2 Å². The van der Waals surface area contributed by atoms with Gasteiger partial charge >= 0.3 is 0 Å². The molecule has 0 saturated heterocycles. The molecule has 0 atom stereocenters. The highest BCUT2D eigenvalue weighted by atomic mass is 32.1. The summed E-state index contributed by atoms with van der Waals surface area (Å²) in [6.07, 6.45) is 1.17. The number of aryl methyl sites for hydroxylation is 1. The number of para-hydroxylation sites is 1. The van der Waals surface area contributed by atoms with Gasteiger partial charge in [0.2, 0.25) is 5.91 Å². The lowest BCUT2D eigenvalue weighted by Crippen LogP contribution is -3.10. The first-order valence-corrected chi connectivity index (χ1v) is 10.5. The molecule has 0 unspecified atom stereocenters. The third kappa shape index (κ3) is 5.37. The zero-order valence-electron chi connectivity index (χ0n) is 16.1. The van der Waals surface area contributed by atoms with E-state index >= 15 is 0 Å². The van der Waals surface area contributed by atoms with Crippen molar-refractivity contribution in [2.75, 3.05) is 13.1 Å². The van der Waals surface area contributed by atoms with Gasteiger partial charge in [0.05, 0.1) is 28.3 Å². The predicted octanol–water partition coefficient (Wildman–Crippen LogP) is 2.97. The summed E-state index contributed by atoms with van der Waals surface area (Å²) in [6, 6.07) is 16.5. The van der Waals surface area contributed by atoms with Crippen molar-refractivity contribution in [2.45, 2.75) is 39.8 Å². The van der Waals surface area contributed by atoms with Gasteiger partial charge in [-0.3, -0.25) is 4.79 Å². The van der Waals surface area contributed by atoms with Gasteiger partial charge in [0.1, 0.15) is 6.54 Å². The quantitative estimate of drug-likeness (QED) is 0.598. The van der Waals surface area contributed by atoms with Gasteiger partial charge in [0.25, 0.3) is 0 Å². The van der Waals surface area contributed by atoms with Crippen molar-refractivity contribution in [3.05, 3.63) is 64.7 Å². The van der Waals surface area contributed by atoms with Gasteiger partial charge in [-0.1, -0.05) is 36.4 Å². The highest BCUT2D eigenvalue weighted by Gasteiger charge is 2.11. The molecule has 1 aromatic heterocycles. The van der Waals surface area contributed by atoms with Crippen molar-refractivity contribution in [3.8, 4) is 0 Å². The number of benzene rings is 2. The SMILES string of the molecule is CC[NH+](CC)Cc1ccccc1CNC(=O)CCc1nc2ccccc2s1. The van der Waals surface area contributed by atoms with E-state index in [-0.39, 0.29) is 5.91 Å². The van der Waals surface area contributed by atoms with Gasteiger partial charge in [0, 0.05) is 24.9 Å². The second kappa shape index (κ2) is 9.62. The Labute approximate surface area is 165 Å². The Morgan fingerprint density at radius 3 is 2.48 bits per heavy atom. The van der Waals surface area contributed by atoms with Crippen LogP contribution in [0.3, 0.4) is 0 Å². The van der Waals surface area contributed by atoms with Crippen LogP contribution in [-0.4, -0.2) is 24.0 Å². The van der Waals surface area contributed by atoms with E-state index in [1.807, 2.05) is 24.3 Å². The van der Waals surface area contributed by atoms with E-state index in [4.69, 9.17) is 0 Å². The third-order valence-electron chi connectivity index (χ3n) is 4.94. The largest absolute Gasteiger partial charge is 0.352 e. The summed E-state index contributed by atoms with van der Waals surface area (Å²) in [6.45, 7) is 8.25. The summed E-state index contributed by atoms with van der Waals surface area (Å²) in [5.41, 5.74) is 3.55. The van der Waals surface area contributed by atoms with Crippen LogP contribution in [0.25, 0.3) is 10.2 Å². The molecule has 27 heavy (non-hydrogen) atoms. The maximum Gasteiger partial charge on any atom is 0.220 e. The zero-order chi connectivity index (χ0) is 19.1. The number of carbonyl (C=O) groups is 1. The molecule has 5 heteroatoms. The van der Waals surface area contributed by atoms with Crippen LogP contribution in [0, 0.1) is 0 Å². The maximum absolute atomic E-state index is 12.3. The molecule has 2 N–H and O–H groups in total. The number of hydrogen-bond acceptors (Lipinski definition) is 3. The van der Waals surface area contributed by atoms with Crippen LogP contribution in [0.1, 0.15) is 36.4 Å². The number of carbonyl (C=O) groups excluding carboxylic acids is 1. The number of nitrogens with one attached hydrogen (secondary N) is 2. The van der Waals surface area contributed by atoms with E-state index in [1.54, 1.807) is 16.2 Å². The number of thiazole rings is 1. The van der Waals surface area contributed by atoms with Gasteiger partial charge < -0.3 is 10.2 Å². The van der Waals surface area contributed by atoms with Crippen molar-refractivity contribution < 1.29 is 9.69 Å². The Balaban J connectivity index is 1.53. The van der Waals surface area contributed by atoms with Gasteiger partial charge in [-0.05, 0) is 31.5 Å². The fourth-order valence-corrected chi connectivity index (χ4v) is 4.17. The molecule has 0 aliphatic carbocycles. The summed E-state index contributed by atoms with van der Waals surface area (Å²) < 4.78 is 1.18. The Morgan fingerprint density at radius 1 is 1.04 bits per heavy atom. The van der Waals surface area contributed by atoms with E-state index < -0.39 is 0 Å². The number of quaternary nitrogens is 1. The molecule has 1 heterocycles. The molecular formula is C22H28N3OS+. The normalized spacial score (nSPS) is 11.2. The van der Waals surface area contributed by atoms with Crippen LogP contribution in [0.15, 0.2) is 48.5 Å². The molecule has 1 amide bonds. The van der Waals surface area contributed by atoms with Gasteiger partial charge in [-0.2, -0.15) is 0 Å². The average Bonchev–Trinajstić information content (AvgIpc) is 3.12. The van der Waals surface area contributed by atoms with Gasteiger partial charge in [-0.25, -0.2) is 4.98 Å². The number of nitrogens with zero attached hydrogens (tertiary/aromatic N) is 1. The standard InChI is InChI=1S/C22H27N3OS/c1-3-25(4-2)16-18-10-6-5-9-17(18)15-23-21(26)13-14-22-24-19-11-7-8-12-20(19)27-22/h5-12H,3-4,13-16H2,1-2H3,(H,23,26)/p+1. The Bertz CT molecular complexity index is 853. The molecule has 0 radical (unpaired) electrons. The van der Waals surface area contributed by atoms with E-state index in [1.165, 1.54) is 15.8 Å². The van der Waals surface area contributed by atoms with Crippen molar-refractivity contribution in [2.24, 2.45) is 0 Å². The number of rotatable bonds is 9. The summed E-state index contributed by atoms with van der Waals surface area (Å²) in [5.74, 6) is 0.0826. The third-order valence-corrected chi connectivity index (χ3v) is 6.04. The highest BCUT2D eigenvalue weighted by molar-refractivity contribution is 7.18. The first-order valence-electron chi connectivity index (χ1n) is 9.71. The summed E-state index contributed by atoms with van der Waals surface area (Å²) >= 11 is 1.67. The summed E-state index contributed by atoms with van der Waals surface area (Å²) in [7, 11) is 0. The Hall–Kier alpha value is -2.24. The molecular weight excluding hydrogens is 354 g/mol. The molecule has 2 aromatic carbocycles. The monoisotopic (exact) mass is 382 g/mol. The Morgan fingerprint density at radius 2 is 1.74 bits per heavy atom. The molecule has 3 aromatic rings. The minimum atomic E-state index is 0.0826. The number of aromatic nitrogens is 1. The lowest BCUT2D eigenvalue weighted by Gasteiger charge is -2.18. The minimum absolute atomic E-state index is 0.0826. The maximum atomic E-state index is 12.3. The smallest absolute Gasteiger partial charge is 0.220 e. The number of fused-ring (bicyclic) bond motifs is 1. The first kappa shape index (κ1) is 19.5. The Kier molecular flexibility index (Phi) is 6.96. The molecule has 0 spiro atoms. The second-order valence-corrected chi connectivity index (χ2v) is 7.87. The van der Waals surface area contributed by atoms with Crippen LogP contribution in [0.4, 0.5) is 0 Å². The summed E-state index contributed by atoms with van der Waals surface area (Å²) in [4.78, 5) is 18.5. The minimum Gasteiger partial charge on any atom is -0.352 e. The first-order chi connectivity index (χ1) is 13.2. The van der Waals surface area contributed by atoms with Crippen molar-refractivity contribution in [3.63, 3.8) is 0 Å². The molecule has 0 bridgehead atoms. The number of amides is 1. The molecule has 3 rings (SSSR count). The molecule has 0 aliphatic heterocycles. The zero-order valence-corrected chi connectivity index (χ0v) is 16.9. The number of hydrogen-bond donors (Lipinski definition) is 2.